The Balaban J connectivity index is 2.25. The molecule has 0 spiro atoms. The summed E-state index contributed by atoms with van der Waals surface area (Å²) in [6.07, 6.45) is 0. The van der Waals surface area contributed by atoms with Crippen LogP contribution in [0.3, 0.4) is 0 Å². The average molecular weight is 309 g/mol. The Kier molecular flexibility index (Phi) is 3.31. The number of urea groups is 1. The van der Waals surface area contributed by atoms with E-state index in [-0.39, 0.29) is 0 Å². The Morgan fingerprint density at radius 3 is 2.39 bits per heavy atom. The summed E-state index contributed by atoms with van der Waals surface area (Å²) < 4.78 is 0. The molecule has 6 heteroatoms. The number of benzene rings is 2. The predicted octanol–water partition coefficient (Wildman–Crippen LogP) is 1.86. The van der Waals surface area contributed by atoms with Gasteiger partial charge in [-0.25, -0.2) is 9.69 Å². The van der Waals surface area contributed by atoms with E-state index in [0.29, 0.717) is 22.0 Å². The minimum Gasteiger partial charge on any atom is -0.393 e. The topological polar surface area (TPSA) is 84.6 Å². The van der Waals surface area contributed by atoms with Gasteiger partial charge in [0.05, 0.1) is 23.9 Å². The first-order chi connectivity index (χ1) is 11.0. The fourth-order valence-electron chi connectivity index (χ4n) is 2.79. The van der Waals surface area contributed by atoms with Gasteiger partial charge in [0, 0.05) is 17.8 Å². The molecule has 0 radical (unpaired) electrons. The van der Waals surface area contributed by atoms with Crippen LogP contribution >= 0.6 is 0 Å². The number of anilines is 1. The Labute approximate surface area is 133 Å². The van der Waals surface area contributed by atoms with Crippen LogP contribution in [0.1, 0.15) is 12.5 Å². The Morgan fingerprint density at radius 2 is 1.83 bits per heavy atom. The van der Waals surface area contributed by atoms with Crippen molar-refractivity contribution in [3.63, 3.8) is 0 Å². The van der Waals surface area contributed by atoms with Crippen LogP contribution in [0.4, 0.5) is 10.5 Å². The zero-order valence-electron chi connectivity index (χ0n) is 12.8. The fraction of sp³-hybridized carbons (Fsp3) is 0.235. The molecule has 3 rings (SSSR count). The molecule has 1 unspecified atom stereocenters. The minimum absolute atomic E-state index is 0.415. The van der Waals surface area contributed by atoms with Gasteiger partial charge in [-0.1, -0.05) is 24.3 Å². The molecule has 0 saturated carbocycles. The molecule has 2 aromatic carbocycles. The molecule has 3 amide bonds. The second-order valence-electron chi connectivity index (χ2n) is 5.70. The van der Waals surface area contributed by atoms with E-state index in [1.54, 1.807) is 36.4 Å². The van der Waals surface area contributed by atoms with Gasteiger partial charge in [0.1, 0.15) is 5.54 Å². The summed E-state index contributed by atoms with van der Waals surface area (Å²) in [4.78, 5) is 27.6. The molecule has 1 fully saturated rings. The molecule has 1 atom stereocenters. The highest BCUT2D eigenvalue weighted by molar-refractivity contribution is 6.26. The van der Waals surface area contributed by atoms with Gasteiger partial charge in [0.15, 0.2) is 0 Å². The van der Waals surface area contributed by atoms with E-state index < -0.39 is 24.1 Å². The van der Waals surface area contributed by atoms with Crippen LogP contribution in [0.2, 0.25) is 0 Å². The van der Waals surface area contributed by atoms with Gasteiger partial charge in [0.2, 0.25) is 0 Å². The first-order valence-electron chi connectivity index (χ1n) is 7.10. The van der Waals surface area contributed by atoms with Gasteiger partial charge < -0.3 is 10.0 Å². The van der Waals surface area contributed by atoms with Crippen molar-refractivity contribution in [1.29, 1.82) is 5.26 Å². The Hall–Kier alpha value is -2.91. The number of imide groups is 1. The van der Waals surface area contributed by atoms with Crippen molar-refractivity contribution >= 4 is 28.4 Å². The summed E-state index contributed by atoms with van der Waals surface area (Å²) in [5.74, 6) is -0.484. The van der Waals surface area contributed by atoms with Crippen LogP contribution in [0.15, 0.2) is 36.4 Å². The zero-order valence-corrected chi connectivity index (χ0v) is 12.8. The lowest BCUT2D eigenvalue weighted by Crippen LogP contribution is -2.48. The molecule has 0 aliphatic carbocycles. The van der Waals surface area contributed by atoms with Crippen LogP contribution in [0.5, 0.6) is 0 Å². The number of amides is 3. The van der Waals surface area contributed by atoms with Gasteiger partial charge in [-0.15, -0.1) is 0 Å². The maximum Gasteiger partial charge on any atom is 0.332 e. The first kappa shape index (κ1) is 15.0. The first-order valence-corrected chi connectivity index (χ1v) is 7.10. The average Bonchev–Trinajstić information content (AvgIpc) is 2.75. The molecule has 1 N–H and O–H groups in total. The molecule has 1 aliphatic heterocycles. The number of likely N-dealkylation sites (N-methyl/N-ethyl adjacent to an activating group) is 1. The SMILES string of the molecule is CN1C(=O)N(c2ccc(C#N)c3ccccc23)C(=O)C1(C)CO. The number of carbonyl (C=O) groups excluding carboxylic acids is 2. The van der Waals surface area contributed by atoms with Crippen molar-refractivity contribution in [3.8, 4) is 6.07 Å². The number of carbonyl (C=O) groups is 2. The molecule has 0 aromatic heterocycles. The number of hydrogen-bond acceptors (Lipinski definition) is 4. The van der Waals surface area contributed by atoms with E-state index in [9.17, 15) is 20.0 Å². The van der Waals surface area contributed by atoms with Crippen molar-refractivity contribution < 1.29 is 14.7 Å². The maximum atomic E-state index is 12.7. The lowest BCUT2D eigenvalue weighted by molar-refractivity contribution is -0.125. The summed E-state index contributed by atoms with van der Waals surface area (Å²) in [6, 6.07) is 11.9. The van der Waals surface area contributed by atoms with Gasteiger partial charge in [-0.2, -0.15) is 5.26 Å². The quantitative estimate of drug-likeness (QED) is 0.858. The van der Waals surface area contributed by atoms with Gasteiger partial charge in [-0.05, 0) is 19.1 Å². The number of fused-ring (bicyclic) bond motifs is 1. The highest BCUT2D eigenvalue weighted by Crippen LogP contribution is 2.36. The number of nitriles is 1. The predicted molar refractivity (Wildman–Crippen MR) is 84.8 cm³/mol. The standard InChI is InChI=1S/C17H15N3O3/c1-17(10-21)15(22)20(16(23)19(17)2)14-8-7-11(9-18)12-5-3-4-6-13(12)14/h3-8,21H,10H2,1-2H3. The monoisotopic (exact) mass is 309 g/mol. The minimum atomic E-state index is -1.29. The normalized spacial score (nSPS) is 21.1. The number of aliphatic hydroxyl groups excluding tert-OH is 1. The molecule has 23 heavy (non-hydrogen) atoms. The van der Waals surface area contributed by atoms with E-state index in [2.05, 4.69) is 6.07 Å². The fourth-order valence-corrected chi connectivity index (χ4v) is 2.79. The van der Waals surface area contributed by atoms with E-state index in [0.717, 1.165) is 4.90 Å². The van der Waals surface area contributed by atoms with Crippen LogP contribution in [-0.4, -0.2) is 41.1 Å². The van der Waals surface area contributed by atoms with Crippen molar-refractivity contribution in [2.24, 2.45) is 0 Å². The van der Waals surface area contributed by atoms with Gasteiger partial charge in [-0.3, -0.25) is 4.79 Å². The molecule has 1 heterocycles. The summed E-state index contributed by atoms with van der Waals surface area (Å²) in [6.45, 7) is 1.07. The summed E-state index contributed by atoms with van der Waals surface area (Å²) in [7, 11) is 1.49. The molecule has 116 valence electrons. The number of aliphatic hydroxyl groups is 1. The highest BCUT2D eigenvalue weighted by Gasteiger charge is 2.53. The maximum absolute atomic E-state index is 12.7. The molecular weight excluding hydrogens is 294 g/mol. The zero-order chi connectivity index (χ0) is 16.8. The van der Waals surface area contributed by atoms with Crippen LogP contribution in [0, 0.1) is 11.3 Å². The second kappa shape index (κ2) is 5.07. The van der Waals surface area contributed by atoms with Crippen LogP contribution < -0.4 is 4.90 Å². The molecule has 6 nitrogen and oxygen atoms in total. The summed E-state index contributed by atoms with van der Waals surface area (Å²) in [5.41, 5.74) is -0.396. The second-order valence-corrected chi connectivity index (χ2v) is 5.70. The van der Waals surface area contributed by atoms with Crippen molar-refractivity contribution in [1.82, 2.24) is 4.90 Å². The smallest absolute Gasteiger partial charge is 0.332 e. The molecule has 2 aromatic rings. The highest BCUT2D eigenvalue weighted by atomic mass is 16.3. The molecular formula is C17H15N3O3. The lowest BCUT2D eigenvalue weighted by Gasteiger charge is -2.25. The summed E-state index contributed by atoms with van der Waals surface area (Å²) in [5, 5.41) is 20.1. The van der Waals surface area contributed by atoms with E-state index in [1.807, 2.05) is 0 Å². The van der Waals surface area contributed by atoms with Crippen molar-refractivity contribution in [2.75, 3.05) is 18.6 Å². The molecule has 0 bridgehead atoms. The third-order valence-electron chi connectivity index (χ3n) is 4.45. The third-order valence-corrected chi connectivity index (χ3v) is 4.45. The van der Waals surface area contributed by atoms with E-state index in [1.165, 1.54) is 18.9 Å². The van der Waals surface area contributed by atoms with Crippen LogP contribution in [-0.2, 0) is 4.79 Å². The van der Waals surface area contributed by atoms with E-state index in [4.69, 9.17) is 0 Å². The van der Waals surface area contributed by atoms with Crippen LogP contribution in [0.25, 0.3) is 10.8 Å². The third kappa shape index (κ3) is 1.91. The van der Waals surface area contributed by atoms with E-state index >= 15 is 0 Å². The lowest BCUT2D eigenvalue weighted by atomic mass is 10.0. The Bertz CT molecular complexity index is 871. The molecule has 1 aliphatic rings. The number of hydrogen-bond donors (Lipinski definition) is 1. The number of rotatable bonds is 2. The molecule has 1 saturated heterocycles. The number of nitrogens with zero attached hydrogens (tertiary/aromatic N) is 3. The summed E-state index contributed by atoms with van der Waals surface area (Å²) >= 11 is 0. The Morgan fingerprint density at radius 1 is 1.17 bits per heavy atom. The van der Waals surface area contributed by atoms with Crippen molar-refractivity contribution in [3.05, 3.63) is 42.0 Å². The van der Waals surface area contributed by atoms with Gasteiger partial charge in [0.25, 0.3) is 5.91 Å². The van der Waals surface area contributed by atoms with Gasteiger partial charge >= 0.3 is 6.03 Å². The van der Waals surface area contributed by atoms with Crippen molar-refractivity contribution in [2.45, 2.75) is 12.5 Å². The largest absolute Gasteiger partial charge is 0.393 e.